The fraction of sp³-hybridized carbons (Fsp3) is 0.312. The van der Waals surface area contributed by atoms with Crippen molar-refractivity contribution in [2.45, 2.75) is 19.4 Å². The maximum atomic E-state index is 12.3. The van der Waals surface area contributed by atoms with E-state index in [4.69, 9.17) is 0 Å². The molecule has 1 aromatic rings. The Balaban J connectivity index is 2.98. The fourth-order valence-electron chi connectivity index (χ4n) is 1.91. The molecule has 25 heavy (non-hydrogen) atoms. The predicted octanol–water partition coefficient (Wildman–Crippen LogP) is 0.0486. The number of carbonyl (C=O) groups excluding carboxylic acids is 5. The number of para-hydroxylation sites is 1. The summed E-state index contributed by atoms with van der Waals surface area (Å²) in [5.74, 6) is -4.19. The molecule has 9 heteroatoms. The lowest BCUT2D eigenvalue weighted by Crippen LogP contribution is -2.46. The van der Waals surface area contributed by atoms with Crippen LogP contribution in [0.15, 0.2) is 24.3 Å². The number of esters is 2. The average Bonchev–Trinajstić information content (AvgIpc) is 2.59. The molecular weight excluding hydrogens is 332 g/mol. The summed E-state index contributed by atoms with van der Waals surface area (Å²) in [5.41, 5.74) is 0.0922. The molecule has 134 valence electrons. The number of hydrogen-bond donors (Lipinski definition) is 2. The number of nitrogens with one attached hydrogen (secondary N) is 2. The molecule has 0 saturated heterocycles. The number of benzene rings is 1. The van der Waals surface area contributed by atoms with Gasteiger partial charge in [-0.05, 0) is 12.1 Å². The number of ketones is 1. The van der Waals surface area contributed by atoms with E-state index in [2.05, 4.69) is 20.1 Å². The molecule has 0 aliphatic carbocycles. The van der Waals surface area contributed by atoms with Gasteiger partial charge in [-0.25, -0.2) is 4.79 Å². The van der Waals surface area contributed by atoms with Gasteiger partial charge in [-0.2, -0.15) is 0 Å². The summed E-state index contributed by atoms with van der Waals surface area (Å²) >= 11 is 0. The summed E-state index contributed by atoms with van der Waals surface area (Å²) in [6.07, 6.45) is -0.491. The lowest BCUT2D eigenvalue weighted by atomic mass is 10.1. The van der Waals surface area contributed by atoms with E-state index in [-0.39, 0.29) is 11.3 Å². The third-order valence-corrected chi connectivity index (χ3v) is 3.08. The van der Waals surface area contributed by atoms with Crippen molar-refractivity contribution in [1.82, 2.24) is 5.32 Å². The molecule has 0 aliphatic heterocycles. The number of ether oxygens (including phenoxy) is 2. The Morgan fingerprint density at radius 1 is 1.04 bits per heavy atom. The van der Waals surface area contributed by atoms with Crippen molar-refractivity contribution in [1.29, 1.82) is 0 Å². The molecule has 0 radical (unpaired) electrons. The van der Waals surface area contributed by atoms with E-state index >= 15 is 0 Å². The zero-order valence-corrected chi connectivity index (χ0v) is 14.0. The van der Waals surface area contributed by atoms with Gasteiger partial charge >= 0.3 is 11.9 Å². The highest BCUT2D eigenvalue weighted by Crippen LogP contribution is 2.16. The molecule has 1 atom stereocenters. The molecule has 9 nitrogen and oxygen atoms in total. The smallest absolute Gasteiger partial charge is 0.328 e. The Hall–Kier alpha value is -3.23. The van der Waals surface area contributed by atoms with Crippen molar-refractivity contribution >= 4 is 35.2 Å². The Labute approximate surface area is 143 Å². The largest absolute Gasteiger partial charge is 0.469 e. The van der Waals surface area contributed by atoms with Gasteiger partial charge in [0.1, 0.15) is 6.04 Å². The van der Waals surface area contributed by atoms with Gasteiger partial charge in [0.05, 0.1) is 31.9 Å². The van der Waals surface area contributed by atoms with Crippen LogP contribution in [-0.2, 0) is 28.7 Å². The highest BCUT2D eigenvalue weighted by molar-refractivity contribution is 6.44. The molecule has 0 spiro atoms. The van der Waals surface area contributed by atoms with E-state index in [9.17, 15) is 24.0 Å². The normalized spacial score (nSPS) is 11.0. The van der Waals surface area contributed by atoms with Gasteiger partial charge in [0.15, 0.2) is 0 Å². The first-order valence-electron chi connectivity index (χ1n) is 7.16. The Bertz CT molecular complexity index is 699. The molecule has 1 aromatic carbocycles. The van der Waals surface area contributed by atoms with Crippen LogP contribution in [-0.4, -0.2) is 49.8 Å². The van der Waals surface area contributed by atoms with Crippen LogP contribution < -0.4 is 10.6 Å². The van der Waals surface area contributed by atoms with E-state index < -0.39 is 42.0 Å². The first kappa shape index (κ1) is 19.8. The lowest BCUT2D eigenvalue weighted by molar-refractivity contribution is -0.150. The number of amides is 2. The van der Waals surface area contributed by atoms with Crippen LogP contribution in [0.4, 0.5) is 5.69 Å². The zero-order valence-electron chi connectivity index (χ0n) is 14.0. The number of anilines is 1. The molecule has 0 saturated carbocycles. The SMILES string of the molecule is COC(=O)C[C@H](NC(=O)C(=O)c1ccccc1NC(C)=O)C(=O)OC. The van der Waals surface area contributed by atoms with E-state index in [1.54, 1.807) is 6.07 Å². The molecule has 0 bridgehead atoms. The molecular formula is C16H18N2O7. The van der Waals surface area contributed by atoms with Crippen LogP contribution in [0.3, 0.4) is 0 Å². The fourth-order valence-corrected chi connectivity index (χ4v) is 1.91. The van der Waals surface area contributed by atoms with Crippen LogP contribution in [0.1, 0.15) is 23.7 Å². The molecule has 2 amide bonds. The van der Waals surface area contributed by atoms with Crippen LogP contribution in [0.25, 0.3) is 0 Å². The number of carbonyl (C=O) groups is 5. The van der Waals surface area contributed by atoms with Crippen molar-refractivity contribution in [2.75, 3.05) is 19.5 Å². The summed E-state index contributed by atoms with van der Waals surface area (Å²) < 4.78 is 8.93. The van der Waals surface area contributed by atoms with E-state index in [1.165, 1.54) is 25.1 Å². The molecule has 1 rings (SSSR count). The summed E-state index contributed by atoms with van der Waals surface area (Å²) in [7, 11) is 2.19. The highest BCUT2D eigenvalue weighted by atomic mass is 16.5. The predicted molar refractivity (Wildman–Crippen MR) is 85.7 cm³/mol. The molecule has 0 heterocycles. The summed E-state index contributed by atoms with van der Waals surface area (Å²) in [6, 6.07) is 4.52. The second-order valence-electron chi connectivity index (χ2n) is 4.89. The third kappa shape index (κ3) is 5.72. The summed E-state index contributed by atoms with van der Waals surface area (Å²) in [6.45, 7) is 1.25. The minimum absolute atomic E-state index is 0.0584. The molecule has 0 aromatic heterocycles. The molecule has 2 N–H and O–H groups in total. The van der Waals surface area contributed by atoms with Crippen molar-refractivity contribution in [3.05, 3.63) is 29.8 Å². The molecule has 0 fully saturated rings. The lowest BCUT2D eigenvalue weighted by Gasteiger charge is -2.15. The molecule has 0 unspecified atom stereocenters. The monoisotopic (exact) mass is 350 g/mol. The number of hydrogen-bond acceptors (Lipinski definition) is 7. The Kier molecular flexibility index (Phi) is 7.26. The second-order valence-corrected chi connectivity index (χ2v) is 4.89. The van der Waals surface area contributed by atoms with E-state index in [0.717, 1.165) is 14.2 Å². The van der Waals surface area contributed by atoms with Crippen LogP contribution >= 0.6 is 0 Å². The van der Waals surface area contributed by atoms with Gasteiger partial charge in [-0.15, -0.1) is 0 Å². The van der Waals surface area contributed by atoms with Crippen LogP contribution in [0.5, 0.6) is 0 Å². The maximum absolute atomic E-state index is 12.3. The van der Waals surface area contributed by atoms with Crippen molar-refractivity contribution in [3.8, 4) is 0 Å². The van der Waals surface area contributed by atoms with Gasteiger partial charge in [0.25, 0.3) is 11.7 Å². The highest BCUT2D eigenvalue weighted by Gasteiger charge is 2.29. The van der Waals surface area contributed by atoms with Crippen molar-refractivity contribution in [3.63, 3.8) is 0 Å². The Morgan fingerprint density at radius 2 is 1.68 bits per heavy atom. The Morgan fingerprint density at radius 3 is 2.24 bits per heavy atom. The first-order valence-corrected chi connectivity index (χ1v) is 7.16. The number of Topliss-reactive ketones (excluding diaryl/α,β-unsaturated/α-hetero) is 1. The number of rotatable bonds is 7. The van der Waals surface area contributed by atoms with Crippen molar-refractivity contribution < 1.29 is 33.4 Å². The summed E-state index contributed by atoms with van der Waals surface area (Å²) in [5, 5.41) is 4.57. The maximum Gasteiger partial charge on any atom is 0.328 e. The van der Waals surface area contributed by atoms with Gasteiger partial charge in [-0.3, -0.25) is 19.2 Å². The minimum atomic E-state index is -1.37. The minimum Gasteiger partial charge on any atom is -0.469 e. The van der Waals surface area contributed by atoms with Crippen LogP contribution in [0.2, 0.25) is 0 Å². The second kappa shape index (κ2) is 9.16. The van der Waals surface area contributed by atoms with Gasteiger partial charge < -0.3 is 20.1 Å². The first-order chi connectivity index (χ1) is 11.8. The topological polar surface area (TPSA) is 128 Å². The van der Waals surface area contributed by atoms with Crippen LogP contribution in [0, 0.1) is 0 Å². The number of methoxy groups -OCH3 is 2. The quantitative estimate of drug-likeness (QED) is 0.404. The third-order valence-electron chi connectivity index (χ3n) is 3.08. The zero-order chi connectivity index (χ0) is 19.0. The van der Waals surface area contributed by atoms with Gasteiger partial charge in [0.2, 0.25) is 5.91 Å². The van der Waals surface area contributed by atoms with Crippen molar-refractivity contribution in [2.24, 2.45) is 0 Å². The average molecular weight is 350 g/mol. The van der Waals surface area contributed by atoms with Gasteiger partial charge in [-0.1, -0.05) is 12.1 Å². The van der Waals surface area contributed by atoms with Gasteiger partial charge in [0, 0.05) is 6.92 Å². The summed E-state index contributed by atoms with van der Waals surface area (Å²) in [4.78, 5) is 58.6. The molecule has 0 aliphatic rings. The van der Waals surface area contributed by atoms with E-state index in [1.807, 2.05) is 0 Å². The van der Waals surface area contributed by atoms with E-state index in [0.29, 0.717) is 0 Å². The standard InChI is InChI=1S/C16H18N2O7/c1-9(19)17-11-7-5-4-6-10(11)14(21)15(22)18-12(16(23)25-3)8-13(20)24-2/h4-7,12H,8H2,1-3H3,(H,17,19)(H,18,22)/t12-/m0/s1.